The normalized spacial score (nSPS) is 17.3. The molecule has 0 saturated heterocycles. The van der Waals surface area contributed by atoms with Crippen LogP contribution in [0.15, 0.2) is 0 Å². The largest absolute Gasteiger partial charge is 0.465 e. The van der Waals surface area contributed by atoms with Gasteiger partial charge in [0.05, 0.1) is 12.7 Å². The number of carbonyl (C=O) groups excluding carboxylic acids is 1. The van der Waals surface area contributed by atoms with Gasteiger partial charge in [-0.1, -0.05) is 27.2 Å². The van der Waals surface area contributed by atoms with E-state index in [1.807, 2.05) is 27.7 Å². The quantitative estimate of drug-likeness (QED) is 0.593. The molecule has 3 atom stereocenters. The number of hydrogen-bond acceptors (Lipinski definition) is 4. The molecule has 0 saturated carbocycles. The molecule has 0 aliphatic carbocycles. The first-order chi connectivity index (χ1) is 9.39. The number of esters is 1. The molecule has 0 amide bonds. The predicted octanol–water partition coefficient (Wildman–Crippen LogP) is 3.15. The summed E-state index contributed by atoms with van der Waals surface area (Å²) >= 11 is 0. The van der Waals surface area contributed by atoms with Crippen molar-refractivity contribution in [1.82, 2.24) is 5.32 Å². The molecular formula is C16H33NO3. The lowest BCUT2D eigenvalue weighted by Crippen LogP contribution is -2.52. The second-order valence-electron chi connectivity index (χ2n) is 5.82. The summed E-state index contributed by atoms with van der Waals surface area (Å²) < 4.78 is 11.0. The highest BCUT2D eigenvalue weighted by Gasteiger charge is 2.35. The van der Waals surface area contributed by atoms with Crippen LogP contribution in [0.5, 0.6) is 0 Å². The fourth-order valence-corrected chi connectivity index (χ4v) is 2.45. The molecule has 0 aromatic rings. The molecule has 0 aromatic carbocycles. The molecule has 0 bridgehead atoms. The number of nitrogens with one attached hydrogen (secondary N) is 1. The minimum atomic E-state index is -0.668. The van der Waals surface area contributed by atoms with Crippen LogP contribution >= 0.6 is 0 Å². The van der Waals surface area contributed by atoms with Crippen molar-refractivity contribution in [3.8, 4) is 0 Å². The van der Waals surface area contributed by atoms with Gasteiger partial charge in [-0.05, 0) is 39.7 Å². The minimum Gasteiger partial charge on any atom is -0.465 e. The maximum Gasteiger partial charge on any atom is 0.326 e. The van der Waals surface area contributed by atoms with Gasteiger partial charge >= 0.3 is 5.97 Å². The molecule has 4 heteroatoms. The van der Waals surface area contributed by atoms with Gasteiger partial charge in [0.25, 0.3) is 0 Å². The van der Waals surface area contributed by atoms with E-state index in [9.17, 15) is 4.79 Å². The van der Waals surface area contributed by atoms with Crippen LogP contribution in [-0.2, 0) is 14.3 Å². The molecule has 0 aliphatic rings. The lowest BCUT2D eigenvalue weighted by Gasteiger charge is -2.31. The topological polar surface area (TPSA) is 47.6 Å². The summed E-state index contributed by atoms with van der Waals surface area (Å²) in [6, 6.07) is 0. The Hall–Kier alpha value is -0.610. The van der Waals surface area contributed by atoms with Gasteiger partial charge in [0, 0.05) is 13.0 Å². The highest BCUT2D eigenvalue weighted by molar-refractivity contribution is 5.80. The lowest BCUT2D eigenvalue weighted by atomic mass is 9.94. The van der Waals surface area contributed by atoms with Crippen LogP contribution in [0.1, 0.15) is 60.8 Å². The number of rotatable bonds is 11. The molecule has 0 rings (SSSR count). The number of hydrogen-bond donors (Lipinski definition) is 1. The summed E-state index contributed by atoms with van der Waals surface area (Å²) in [5.41, 5.74) is -0.668. The Morgan fingerprint density at radius 2 is 1.90 bits per heavy atom. The van der Waals surface area contributed by atoms with Gasteiger partial charge in [-0.3, -0.25) is 4.79 Å². The van der Waals surface area contributed by atoms with E-state index in [0.717, 1.165) is 13.2 Å². The molecule has 0 radical (unpaired) electrons. The zero-order chi connectivity index (χ0) is 15.6. The third-order valence-electron chi connectivity index (χ3n) is 3.44. The van der Waals surface area contributed by atoms with Gasteiger partial charge in [-0.15, -0.1) is 0 Å². The monoisotopic (exact) mass is 287 g/mol. The summed E-state index contributed by atoms with van der Waals surface area (Å²) in [5.74, 6) is 0.370. The molecule has 1 N–H and O–H groups in total. The molecule has 120 valence electrons. The van der Waals surface area contributed by atoms with Gasteiger partial charge in [-0.2, -0.15) is 0 Å². The first-order valence-corrected chi connectivity index (χ1v) is 7.93. The molecule has 0 aromatic heterocycles. The first kappa shape index (κ1) is 19.4. The predicted molar refractivity (Wildman–Crippen MR) is 82.8 cm³/mol. The van der Waals surface area contributed by atoms with Crippen molar-refractivity contribution >= 4 is 5.97 Å². The average Bonchev–Trinajstić information content (AvgIpc) is 2.37. The van der Waals surface area contributed by atoms with Crippen molar-refractivity contribution in [3.05, 3.63) is 0 Å². The van der Waals surface area contributed by atoms with Gasteiger partial charge in [-0.25, -0.2) is 0 Å². The van der Waals surface area contributed by atoms with Crippen LogP contribution in [0, 0.1) is 5.92 Å². The van der Waals surface area contributed by atoms with Gasteiger partial charge < -0.3 is 14.8 Å². The van der Waals surface area contributed by atoms with Gasteiger partial charge in [0.15, 0.2) is 0 Å². The third-order valence-corrected chi connectivity index (χ3v) is 3.44. The van der Waals surface area contributed by atoms with Crippen LogP contribution in [0.4, 0.5) is 0 Å². The molecule has 4 nitrogen and oxygen atoms in total. The summed E-state index contributed by atoms with van der Waals surface area (Å²) in [6.07, 6.45) is 3.01. The van der Waals surface area contributed by atoms with Crippen LogP contribution in [-0.4, -0.2) is 37.4 Å². The standard InChI is InChI=1S/C16H33NO3/c1-7-10-13(4)12-20-14(5)11-16(6,17-8-2)15(18)19-9-3/h13-14,17H,7-12H2,1-6H3. The van der Waals surface area contributed by atoms with E-state index in [1.54, 1.807) is 0 Å². The fraction of sp³-hybridized carbons (Fsp3) is 0.938. The Kier molecular flexibility index (Phi) is 9.86. The number of ether oxygens (including phenoxy) is 2. The summed E-state index contributed by atoms with van der Waals surface area (Å²) in [6.45, 7) is 14.0. The van der Waals surface area contributed by atoms with Crippen LogP contribution in [0.3, 0.4) is 0 Å². The van der Waals surface area contributed by atoms with Crippen molar-refractivity contribution in [3.63, 3.8) is 0 Å². The van der Waals surface area contributed by atoms with Gasteiger partial charge in [0.1, 0.15) is 5.54 Å². The Morgan fingerprint density at radius 1 is 1.25 bits per heavy atom. The Morgan fingerprint density at radius 3 is 2.40 bits per heavy atom. The van der Waals surface area contributed by atoms with Crippen molar-refractivity contribution in [2.24, 2.45) is 5.92 Å². The summed E-state index contributed by atoms with van der Waals surface area (Å²) in [7, 11) is 0. The van der Waals surface area contributed by atoms with Crippen LogP contribution < -0.4 is 5.32 Å². The van der Waals surface area contributed by atoms with Crippen molar-refractivity contribution in [1.29, 1.82) is 0 Å². The van der Waals surface area contributed by atoms with Crippen molar-refractivity contribution < 1.29 is 14.3 Å². The zero-order valence-electron chi connectivity index (χ0n) is 14.1. The molecular weight excluding hydrogens is 254 g/mol. The lowest BCUT2D eigenvalue weighted by molar-refractivity contribution is -0.152. The van der Waals surface area contributed by atoms with E-state index >= 15 is 0 Å². The molecule has 0 aliphatic heterocycles. The van der Waals surface area contributed by atoms with Crippen LogP contribution in [0.25, 0.3) is 0 Å². The van der Waals surface area contributed by atoms with Crippen LogP contribution in [0.2, 0.25) is 0 Å². The smallest absolute Gasteiger partial charge is 0.326 e. The van der Waals surface area contributed by atoms with Crippen molar-refractivity contribution in [2.45, 2.75) is 72.4 Å². The minimum absolute atomic E-state index is 0.0303. The number of likely N-dealkylation sites (N-methyl/N-ethyl adjacent to an activating group) is 1. The Bertz CT molecular complexity index is 270. The second kappa shape index (κ2) is 10.2. The third kappa shape index (κ3) is 7.25. The Labute approximate surface area is 124 Å². The van der Waals surface area contributed by atoms with E-state index in [4.69, 9.17) is 9.47 Å². The number of carbonyl (C=O) groups is 1. The molecule has 0 fully saturated rings. The van der Waals surface area contributed by atoms with E-state index in [-0.39, 0.29) is 12.1 Å². The maximum atomic E-state index is 12.1. The molecule has 20 heavy (non-hydrogen) atoms. The van der Waals surface area contributed by atoms with E-state index < -0.39 is 5.54 Å². The first-order valence-electron chi connectivity index (χ1n) is 7.93. The highest BCUT2D eigenvalue weighted by atomic mass is 16.5. The maximum absolute atomic E-state index is 12.1. The molecule has 0 heterocycles. The van der Waals surface area contributed by atoms with E-state index in [1.165, 1.54) is 12.8 Å². The summed E-state index contributed by atoms with van der Waals surface area (Å²) in [5, 5.41) is 3.23. The SMILES string of the molecule is CCCC(C)COC(C)CC(C)(NCC)C(=O)OCC. The zero-order valence-corrected chi connectivity index (χ0v) is 14.1. The molecule has 3 unspecified atom stereocenters. The van der Waals surface area contributed by atoms with Crippen molar-refractivity contribution in [2.75, 3.05) is 19.8 Å². The van der Waals surface area contributed by atoms with E-state index in [0.29, 0.717) is 18.9 Å². The Balaban J connectivity index is 4.39. The van der Waals surface area contributed by atoms with E-state index in [2.05, 4.69) is 19.2 Å². The fourth-order valence-electron chi connectivity index (χ4n) is 2.45. The van der Waals surface area contributed by atoms with Gasteiger partial charge in [0.2, 0.25) is 0 Å². The molecule has 0 spiro atoms. The second-order valence-corrected chi connectivity index (χ2v) is 5.82. The highest BCUT2D eigenvalue weighted by Crippen LogP contribution is 2.18. The average molecular weight is 287 g/mol. The summed E-state index contributed by atoms with van der Waals surface area (Å²) in [4.78, 5) is 12.1.